The summed E-state index contributed by atoms with van der Waals surface area (Å²) in [6, 6.07) is 3.97. The average molecular weight is 259 g/mol. The number of imide groups is 1. The monoisotopic (exact) mass is 259 g/mol. The topological polar surface area (TPSA) is 74.7 Å². The molecular weight excluding hydrogens is 246 g/mol. The van der Waals surface area contributed by atoms with Crippen molar-refractivity contribution in [1.82, 2.24) is 4.90 Å². The number of hydrogen-bond acceptors (Lipinski definition) is 3. The van der Waals surface area contributed by atoms with Gasteiger partial charge in [-0.15, -0.1) is 0 Å². The van der Waals surface area contributed by atoms with Gasteiger partial charge in [-0.2, -0.15) is 0 Å². The Morgan fingerprint density at radius 2 is 1.89 bits per heavy atom. The molecule has 0 radical (unpaired) electrons. The van der Waals surface area contributed by atoms with Crippen LogP contribution in [0.5, 0.6) is 0 Å². The molecule has 1 aromatic rings. The van der Waals surface area contributed by atoms with Crippen LogP contribution in [0, 0.1) is 5.92 Å². The fraction of sp³-hybridized carbons (Fsp3) is 0.357. The number of aromatic carboxylic acids is 1. The summed E-state index contributed by atoms with van der Waals surface area (Å²) in [5.41, 5.74) is 0.542. The fourth-order valence-electron chi connectivity index (χ4n) is 2.55. The summed E-state index contributed by atoms with van der Waals surface area (Å²) in [6.07, 6.45) is 2.07. The second kappa shape index (κ2) is 3.91. The number of carboxylic acids is 1. The van der Waals surface area contributed by atoms with E-state index in [1.54, 1.807) is 0 Å². The quantitative estimate of drug-likeness (QED) is 0.839. The van der Waals surface area contributed by atoms with Crippen LogP contribution < -0.4 is 0 Å². The van der Waals surface area contributed by atoms with Gasteiger partial charge in [-0.3, -0.25) is 14.5 Å². The number of rotatable bonds is 3. The van der Waals surface area contributed by atoms with Crippen molar-refractivity contribution in [2.45, 2.75) is 25.8 Å². The van der Waals surface area contributed by atoms with Crippen molar-refractivity contribution < 1.29 is 19.5 Å². The maximum absolute atomic E-state index is 12.3. The van der Waals surface area contributed by atoms with E-state index >= 15 is 0 Å². The second-order valence-electron chi connectivity index (χ2n) is 5.12. The Hall–Kier alpha value is -2.17. The number of carbonyl (C=O) groups excluding carboxylic acids is 2. The molecule has 2 amide bonds. The van der Waals surface area contributed by atoms with Gasteiger partial charge in [-0.1, -0.05) is 0 Å². The van der Waals surface area contributed by atoms with E-state index in [0.717, 1.165) is 12.8 Å². The summed E-state index contributed by atoms with van der Waals surface area (Å²) in [4.78, 5) is 36.7. The Morgan fingerprint density at radius 3 is 2.47 bits per heavy atom. The molecule has 1 unspecified atom stereocenters. The highest BCUT2D eigenvalue weighted by Crippen LogP contribution is 2.38. The third kappa shape index (κ3) is 1.73. The van der Waals surface area contributed by atoms with Crippen molar-refractivity contribution in [3.63, 3.8) is 0 Å². The highest BCUT2D eigenvalue weighted by Gasteiger charge is 2.43. The molecule has 2 aliphatic rings. The largest absolute Gasteiger partial charge is 0.478 e. The van der Waals surface area contributed by atoms with Gasteiger partial charge in [-0.25, -0.2) is 4.79 Å². The zero-order chi connectivity index (χ0) is 13.7. The number of benzene rings is 1. The number of carboxylic acid groups (broad SMARTS) is 1. The molecule has 19 heavy (non-hydrogen) atoms. The molecule has 0 bridgehead atoms. The van der Waals surface area contributed by atoms with Crippen LogP contribution in [-0.4, -0.2) is 33.8 Å². The van der Waals surface area contributed by atoms with Gasteiger partial charge in [0.1, 0.15) is 0 Å². The summed E-state index contributed by atoms with van der Waals surface area (Å²) in [5.74, 6) is -1.39. The van der Waals surface area contributed by atoms with Crippen molar-refractivity contribution in [2.24, 2.45) is 5.92 Å². The first-order chi connectivity index (χ1) is 9.00. The molecule has 1 fully saturated rings. The maximum atomic E-state index is 12.3. The van der Waals surface area contributed by atoms with Crippen molar-refractivity contribution in [2.75, 3.05) is 0 Å². The van der Waals surface area contributed by atoms with E-state index in [9.17, 15) is 14.4 Å². The molecule has 1 aliphatic carbocycles. The van der Waals surface area contributed by atoms with Gasteiger partial charge >= 0.3 is 5.97 Å². The van der Waals surface area contributed by atoms with Crippen LogP contribution in [0.25, 0.3) is 0 Å². The molecule has 1 atom stereocenters. The van der Waals surface area contributed by atoms with Gasteiger partial charge in [0.05, 0.1) is 16.7 Å². The molecule has 3 rings (SSSR count). The minimum absolute atomic E-state index is 0.0285. The van der Waals surface area contributed by atoms with E-state index < -0.39 is 5.97 Å². The lowest BCUT2D eigenvalue weighted by molar-refractivity contribution is 0.0579. The molecule has 1 aliphatic heterocycles. The van der Waals surface area contributed by atoms with Crippen LogP contribution in [0.15, 0.2) is 18.2 Å². The summed E-state index contributed by atoms with van der Waals surface area (Å²) in [6.45, 7) is 1.87. The third-order valence-electron chi connectivity index (χ3n) is 3.88. The van der Waals surface area contributed by atoms with Gasteiger partial charge in [0.25, 0.3) is 11.8 Å². The molecule has 0 aromatic heterocycles. The summed E-state index contributed by atoms with van der Waals surface area (Å²) in [7, 11) is 0. The Balaban J connectivity index is 2.01. The van der Waals surface area contributed by atoms with Crippen LogP contribution >= 0.6 is 0 Å². The minimum Gasteiger partial charge on any atom is -0.478 e. The molecular formula is C14H13NO4. The van der Waals surface area contributed by atoms with Crippen LogP contribution in [0.3, 0.4) is 0 Å². The predicted molar refractivity (Wildman–Crippen MR) is 66.1 cm³/mol. The zero-order valence-corrected chi connectivity index (χ0v) is 10.4. The van der Waals surface area contributed by atoms with Crippen molar-refractivity contribution in [1.29, 1.82) is 0 Å². The number of nitrogens with zero attached hydrogens (tertiary/aromatic N) is 1. The molecule has 5 nitrogen and oxygen atoms in total. The van der Waals surface area contributed by atoms with E-state index in [-0.39, 0.29) is 29.0 Å². The van der Waals surface area contributed by atoms with Crippen LogP contribution in [0.1, 0.15) is 50.8 Å². The lowest BCUT2D eigenvalue weighted by atomic mass is 10.1. The Kier molecular flexibility index (Phi) is 2.45. The van der Waals surface area contributed by atoms with Crippen LogP contribution in [0.2, 0.25) is 0 Å². The van der Waals surface area contributed by atoms with E-state index in [4.69, 9.17) is 5.11 Å². The second-order valence-corrected chi connectivity index (χ2v) is 5.12. The van der Waals surface area contributed by atoms with Gasteiger partial charge in [-0.05, 0) is 43.9 Å². The molecule has 0 spiro atoms. The molecule has 98 valence electrons. The first kappa shape index (κ1) is 11.9. The highest BCUT2D eigenvalue weighted by molar-refractivity contribution is 6.22. The number of amides is 2. The van der Waals surface area contributed by atoms with Gasteiger partial charge in [0.2, 0.25) is 0 Å². The predicted octanol–water partition coefficient (Wildman–Crippen LogP) is 1.78. The first-order valence-corrected chi connectivity index (χ1v) is 6.26. The lowest BCUT2D eigenvalue weighted by Crippen LogP contribution is -2.39. The summed E-state index contributed by atoms with van der Waals surface area (Å²) < 4.78 is 0. The molecule has 1 saturated carbocycles. The third-order valence-corrected chi connectivity index (χ3v) is 3.88. The van der Waals surface area contributed by atoms with Gasteiger partial charge < -0.3 is 5.11 Å². The number of hydrogen-bond donors (Lipinski definition) is 1. The molecule has 0 saturated heterocycles. The van der Waals surface area contributed by atoms with E-state index in [1.807, 2.05) is 6.92 Å². The smallest absolute Gasteiger partial charge is 0.335 e. The lowest BCUT2D eigenvalue weighted by Gasteiger charge is -2.21. The number of fused-ring (bicyclic) bond motifs is 1. The van der Waals surface area contributed by atoms with Crippen molar-refractivity contribution in [3.05, 3.63) is 34.9 Å². The minimum atomic E-state index is -1.10. The normalized spacial score (nSPS) is 19.5. The van der Waals surface area contributed by atoms with Crippen molar-refractivity contribution >= 4 is 17.8 Å². The number of carbonyl (C=O) groups is 3. The highest BCUT2D eigenvalue weighted by atomic mass is 16.4. The van der Waals surface area contributed by atoms with Gasteiger partial charge in [0.15, 0.2) is 0 Å². The Morgan fingerprint density at radius 1 is 1.26 bits per heavy atom. The summed E-state index contributed by atoms with van der Waals surface area (Å²) in [5, 5.41) is 8.93. The average Bonchev–Trinajstić information content (AvgIpc) is 3.18. The molecule has 1 aromatic carbocycles. The van der Waals surface area contributed by atoms with Gasteiger partial charge in [0, 0.05) is 6.04 Å². The standard InChI is InChI=1S/C14H13NO4/c1-7(8-2-3-8)15-12(16)10-5-4-9(14(18)19)6-11(10)13(15)17/h4-8H,2-3H2,1H3,(H,18,19). The molecule has 1 heterocycles. The fourth-order valence-corrected chi connectivity index (χ4v) is 2.55. The zero-order valence-electron chi connectivity index (χ0n) is 10.4. The van der Waals surface area contributed by atoms with E-state index in [0.29, 0.717) is 11.5 Å². The molecule has 5 heteroatoms. The SMILES string of the molecule is CC(C1CC1)N1C(=O)c2ccc(C(=O)O)cc2C1=O. The Labute approximate surface area is 109 Å². The van der Waals surface area contributed by atoms with E-state index in [1.165, 1.54) is 23.1 Å². The molecule has 1 N–H and O–H groups in total. The van der Waals surface area contributed by atoms with Crippen LogP contribution in [-0.2, 0) is 0 Å². The van der Waals surface area contributed by atoms with Crippen LogP contribution in [0.4, 0.5) is 0 Å². The van der Waals surface area contributed by atoms with Crippen molar-refractivity contribution in [3.8, 4) is 0 Å². The first-order valence-electron chi connectivity index (χ1n) is 6.26. The van der Waals surface area contributed by atoms with E-state index in [2.05, 4.69) is 0 Å². The Bertz CT molecular complexity index is 603. The summed E-state index contributed by atoms with van der Waals surface area (Å²) >= 11 is 0. The maximum Gasteiger partial charge on any atom is 0.335 e.